The molecule has 0 bridgehead atoms. The summed E-state index contributed by atoms with van der Waals surface area (Å²) in [5.41, 5.74) is 2.92. The van der Waals surface area contributed by atoms with E-state index in [4.69, 9.17) is 0 Å². The number of nitrogens with one attached hydrogen (secondary N) is 1. The average molecular weight is 335 g/mol. The highest BCUT2D eigenvalue weighted by molar-refractivity contribution is 5.96. The van der Waals surface area contributed by atoms with Gasteiger partial charge in [0, 0.05) is 5.69 Å². The lowest BCUT2D eigenvalue weighted by Crippen LogP contribution is -2.34. The van der Waals surface area contributed by atoms with Gasteiger partial charge < -0.3 is 10.4 Å². The van der Waals surface area contributed by atoms with E-state index in [1.165, 1.54) is 0 Å². The molecule has 3 rings (SSSR count). The van der Waals surface area contributed by atoms with Crippen molar-refractivity contribution >= 4 is 17.6 Å². The van der Waals surface area contributed by atoms with Crippen LogP contribution >= 0.6 is 0 Å². The third kappa shape index (κ3) is 4.15. The normalized spacial score (nSPS) is 19.4. The number of carbonyl (C=O) groups excluding carboxylic acids is 1. The second-order valence-corrected chi connectivity index (χ2v) is 6.30. The third-order valence-corrected chi connectivity index (χ3v) is 4.60. The topological polar surface area (TPSA) is 66.4 Å². The van der Waals surface area contributed by atoms with Gasteiger partial charge in [0.15, 0.2) is 0 Å². The van der Waals surface area contributed by atoms with Crippen LogP contribution in [0.15, 0.2) is 66.7 Å². The zero-order valence-electron chi connectivity index (χ0n) is 13.9. The van der Waals surface area contributed by atoms with Gasteiger partial charge in [-0.2, -0.15) is 0 Å². The smallest absolute Gasteiger partial charge is 0.307 e. The molecule has 2 N–H and O–H groups in total. The molecule has 0 saturated carbocycles. The van der Waals surface area contributed by atoms with Gasteiger partial charge in [-0.3, -0.25) is 9.59 Å². The highest BCUT2D eigenvalue weighted by Gasteiger charge is 2.34. The Morgan fingerprint density at radius 2 is 1.56 bits per heavy atom. The molecule has 4 nitrogen and oxygen atoms in total. The van der Waals surface area contributed by atoms with Gasteiger partial charge >= 0.3 is 5.97 Å². The number of para-hydroxylation sites is 1. The molecule has 25 heavy (non-hydrogen) atoms. The number of allylic oxidation sites excluding steroid dienone is 2. The lowest BCUT2D eigenvalue weighted by molar-refractivity contribution is -0.146. The molecule has 0 radical (unpaired) electrons. The van der Waals surface area contributed by atoms with Crippen molar-refractivity contribution in [3.8, 4) is 0 Å². The van der Waals surface area contributed by atoms with Crippen LogP contribution in [0.5, 0.6) is 0 Å². The molecular formula is C21H21NO3. The standard InChI is InChI=1S/C21H21NO3/c23-20(17-11-5-6-12-18(17)21(24)25)22-19-13-7-4-10-16(19)14-15-8-2-1-3-9-15/h1-10,13,17-18H,11-12,14H2,(H,22,23)(H,24,25)/t17-,18-/m0/s1. The molecule has 0 heterocycles. The molecule has 0 aliphatic heterocycles. The van der Waals surface area contributed by atoms with Crippen LogP contribution in [0.25, 0.3) is 0 Å². The SMILES string of the molecule is O=C(O)[C@H]1CC=CC[C@@H]1C(=O)Nc1ccccc1Cc1ccccc1. The van der Waals surface area contributed by atoms with Crippen LogP contribution in [0.2, 0.25) is 0 Å². The molecule has 128 valence electrons. The monoisotopic (exact) mass is 335 g/mol. The summed E-state index contributed by atoms with van der Waals surface area (Å²) < 4.78 is 0. The van der Waals surface area contributed by atoms with E-state index in [0.717, 1.165) is 16.8 Å². The predicted octanol–water partition coefficient (Wildman–Crippen LogP) is 3.88. The maximum Gasteiger partial charge on any atom is 0.307 e. The van der Waals surface area contributed by atoms with Crippen molar-refractivity contribution in [1.82, 2.24) is 0 Å². The first-order valence-corrected chi connectivity index (χ1v) is 8.45. The Labute approximate surface area is 147 Å². The first kappa shape index (κ1) is 17.0. The van der Waals surface area contributed by atoms with Crippen molar-refractivity contribution in [2.45, 2.75) is 19.3 Å². The zero-order chi connectivity index (χ0) is 17.6. The van der Waals surface area contributed by atoms with Crippen LogP contribution in [0.3, 0.4) is 0 Å². The Bertz CT molecular complexity index is 783. The van der Waals surface area contributed by atoms with Crippen LogP contribution in [0.1, 0.15) is 24.0 Å². The number of amides is 1. The minimum Gasteiger partial charge on any atom is -0.481 e. The lowest BCUT2D eigenvalue weighted by atomic mass is 9.82. The van der Waals surface area contributed by atoms with Gasteiger partial charge in [0.1, 0.15) is 0 Å². The van der Waals surface area contributed by atoms with Crippen LogP contribution < -0.4 is 5.32 Å². The molecule has 2 atom stereocenters. The molecule has 4 heteroatoms. The molecule has 0 aromatic heterocycles. The Balaban J connectivity index is 1.77. The summed E-state index contributed by atoms with van der Waals surface area (Å²) in [6.07, 6.45) is 5.30. The fourth-order valence-electron chi connectivity index (χ4n) is 3.21. The maximum atomic E-state index is 12.7. The van der Waals surface area contributed by atoms with E-state index in [1.807, 2.05) is 66.7 Å². The van der Waals surface area contributed by atoms with Gasteiger partial charge in [0.2, 0.25) is 5.91 Å². The van der Waals surface area contributed by atoms with Crippen molar-refractivity contribution in [3.05, 3.63) is 77.9 Å². The molecule has 1 aliphatic carbocycles. The molecule has 0 fully saturated rings. The first-order valence-electron chi connectivity index (χ1n) is 8.45. The van der Waals surface area contributed by atoms with Crippen molar-refractivity contribution in [3.63, 3.8) is 0 Å². The Morgan fingerprint density at radius 3 is 2.28 bits per heavy atom. The van der Waals surface area contributed by atoms with Crippen molar-refractivity contribution in [1.29, 1.82) is 0 Å². The minimum absolute atomic E-state index is 0.225. The molecule has 2 aromatic rings. The lowest BCUT2D eigenvalue weighted by Gasteiger charge is -2.24. The van der Waals surface area contributed by atoms with Crippen LogP contribution in [-0.2, 0) is 16.0 Å². The predicted molar refractivity (Wildman–Crippen MR) is 97.3 cm³/mol. The summed E-state index contributed by atoms with van der Waals surface area (Å²) in [6, 6.07) is 17.7. The second-order valence-electron chi connectivity index (χ2n) is 6.30. The van der Waals surface area contributed by atoms with Gasteiger partial charge in [-0.05, 0) is 36.5 Å². The van der Waals surface area contributed by atoms with E-state index < -0.39 is 17.8 Å². The molecular weight excluding hydrogens is 314 g/mol. The van der Waals surface area contributed by atoms with Gasteiger partial charge in [0.25, 0.3) is 0 Å². The largest absolute Gasteiger partial charge is 0.481 e. The molecule has 2 aromatic carbocycles. The minimum atomic E-state index is -0.915. The third-order valence-electron chi connectivity index (χ3n) is 4.60. The van der Waals surface area contributed by atoms with Crippen LogP contribution in [0.4, 0.5) is 5.69 Å². The first-order chi connectivity index (χ1) is 12.1. The van der Waals surface area contributed by atoms with Crippen molar-refractivity contribution in [2.75, 3.05) is 5.32 Å². The van der Waals surface area contributed by atoms with Crippen molar-refractivity contribution in [2.24, 2.45) is 11.8 Å². The summed E-state index contributed by atoms with van der Waals surface area (Å²) in [6.45, 7) is 0. The number of anilines is 1. The fourth-order valence-corrected chi connectivity index (χ4v) is 3.21. The maximum absolute atomic E-state index is 12.7. The van der Waals surface area contributed by atoms with E-state index in [0.29, 0.717) is 19.3 Å². The number of carbonyl (C=O) groups is 2. The van der Waals surface area contributed by atoms with E-state index in [1.54, 1.807) is 0 Å². The fraction of sp³-hybridized carbons (Fsp3) is 0.238. The molecule has 0 spiro atoms. The Morgan fingerprint density at radius 1 is 0.920 bits per heavy atom. The number of carboxylic acid groups (broad SMARTS) is 1. The summed E-state index contributed by atoms with van der Waals surface area (Å²) in [7, 11) is 0. The van der Waals surface area contributed by atoms with E-state index >= 15 is 0 Å². The molecule has 1 amide bonds. The summed E-state index contributed by atoms with van der Waals surface area (Å²) in [4.78, 5) is 24.1. The van der Waals surface area contributed by atoms with Crippen LogP contribution in [-0.4, -0.2) is 17.0 Å². The Kier molecular flexibility index (Phi) is 5.29. The van der Waals surface area contributed by atoms with Gasteiger partial charge in [0.05, 0.1) is 11.8 Å². The summed E-state index contributed by atoms with van der Waals surface area (Å²) >= 11 is 0. The summed E-state index contributed by atoms with van der Waals surface area (Å²) in [5, 5.41) is 12.3. The van der Waals surface area contributed by atoms with Gasteiger partial charge in [-0.1, -0.05) is 60.7 Å². The number of carboxylic acids is 1. The number of aliphatic carboxylic acids is 1. The van der Waals surface area contributed by atoms with Gasteiger partial charge in [-0.15, -0.1) is 0 Å². The molecule has 1 aliphatic rings. The Hall–Kier alpha value is -2.88. The molecule has 0 unspecified atom stereocenters. The summed E-state index contributed by atoms with van der Waals surface area (Å²) in [5.74, 6) is -2.34. The number of benzene rings is 2. The average Bonchev–Trinajstić information content (AvgIpc) is 2.64. The highest BCUT2D eigenvalue weighted by Crippen LogP contribution is 2.28. The van der Waals surface area contributed by atoms with Crippen LogP contribution in [0, 0.1) is 11.8 Å². The number of hydrogen-bond acceptors (Lipinski definition) is 2. The van der Waals surface area contributed by atoms with E-state index in [-0.39, 0.29) is 5.91 Å². The van der Waals surface area contributed by atoms with Gasteiger partial charge in [-0.25, -0.2) is 0 Å². The van der Waals surface area contributed by atoms with E-state index in [9.17, 15) is 14.7 Å². The van der Waals surface area contributed by atoms with Crippen molar-refractivity contribution < 1.29 is 14.7 Å². The quantitative estimate of drug-likeness (QED) is 0.815. The highest BCUT2D eigenvalue weighted by atomic mass is 16.4. The zero-order valence-corrected chi connectivity index (χ0v) is 13.9. The second kappa shape index (κ2) is 7.79. The number of hydrogen-bond donors (Lipinski definition) is 2. The molecule has 0 saturated heterocycles. The van der Waals surface area contributed by atoms with E-state index in [2.05, 4.69) is 5.32 Å². The number of rotatable bonds is 5.